The average Bonchev–Trinajstić information content (AvgIpc) is 2.63. The smallest absolute Gasteiger partial charge is 0.261 e. The van der Waals surface area contributed by atoms with Crippen LogP contribution in [0.25, 0.3) is 0 Å². The number of ether oxygens (including phenoxy) is 2. The zero-order valence-corrected chi connectivity index (χ0v) is 15.3. The number of carbonyl (C=O) groups is 1. The van der Waals surface area contributed by atoms with Crippen LogP contribution in [-0.2, 0) is 4.74 Å². The van der Waals surface area contributed by atoms with Crippen LogP contribution < -0.4 is 9.46 Å². The molecule has 0 radical (unpaired) electrons. The Morgan fingerprint density at radius 3 is 2.71 bits per heavy atom. The Hall–Kier alpha value is -1.24. The van der Waals surface area contributed by atoms with Gasteiger partial charge >= 0.3 is 0 Å². The largest absolute Gasteiger partial charge is 0.494 e. The monoisotopic (exact) mass is 352 g/mol. The van der Waals surface area contributed by atoms with Gasteiger partial charge in [0.2, 0.25) is 0 Å². The minimum Gasteiger partial charge on any atom is -0.494 e. The van der Waals surface area contributed by atoms with E-state index >= 15 is 0 Å². The highest BCUT2D eigenvalue weighted by Gasteiger charge is 2.10. The van der Waals surface area contributed by atoms with Gasteiger partial charge in [-0.05, 0) is 43.7 Å². The maximum absolute atomic E-state index is 12.1. The van der Waals surface area contributed by atoms with E-state index in [1.54, 1.807) is 0 Å². The Kier molecular flexibility index (Phi) is 9.02. The fourth-order valence-corrected chi connectivity index (χ4v) is 3.02. The van der Waals surface area contributed by atoms with Crippen molar-refractivity contribution in [2.75, 3.05) is 45.2 Å². The number of unbranched alkanes of at least 4 members (excludes halogenated alkanes) is 1. The van der Waals surface area contributed by atoms with Gasteiger partial charge in [0.1, 0.15) is 5.75 Å². The van der Waals surface area contributed by atoms with E-state index in [1.807, 2.05) is 24.3 Å². The first-order valence-electron chi connectivity index (χ1n) is 8.74. The summed E-state index contributed by atoms with van der Waals surface area (Å²) in [5.41, 5.74) is 0.665. The quantitative estimate of drug-likeness (QED) is 0.518. The molecule has 0 unspecified atom stereocenters. The lowest BCUT2D eigenvalue weighted by Gasteiger charge is -2.26. The lowest BCUT2D eigenvalue weighted by Crippen LogP contribution is -2.37. The molecule has 0 saturated carbocycles. The Balaban J connectivity index is 1.59. The first-order valence-corrected chi connectivity index (χ1v) is 9.73. The van der Waals surface area contributed by atoms with Crippen LogP contribution in [0.4, 0.5) is 0 Å². The molecule has 1 N–H and O–H groups in total. The van der Waals surface area contributed by atoms with E-state index in [4.69, 9.17) is 9.47 Å². The van der Waals surface area contributed by atoms with Crippen LogP contribution in [0.5, 0.6) is 5.75 Å². The predicted molar refractivity (Wildman–Crippen MR) is 98.6 cm³/mol. The van der Waals surface area contributed by atoms with Gasteiger partial charge in [0.25, 0.3) is 5.91 Å². The molecule has 0 aromatic heterocycles. The number of nitrogens with one attached hydrogen (secondary N) is 1. The molecule has 0 spiro atoms. The van der Waals surface area contributed by atoms with E-state index in [9.17, 15) is 4.79 Å². The zero-order chi connectivity index (χ0) is 17.0. The molecule has 5 nitrogen and oxygen atoms in total. The molecule has 6 heteroatoms. The normalized spacial score (nSPS) is 15.2. The van der Waals surface area contributed by atoms with Crippen molar-refractivity contribution in [3.63, 3.8) is 0 Å². The number of rotatable bonds is 10. The van der Waals surface area contributed by atoms with Crippen LogP contribution in [0, 0.1) is 0 Å². The molecule has 1 saturated heterocycles. The molecule has 24 heavy (non-hydrogen) atoms. The van der Waals surface area contributed by atoms with Gasteiger partial charge in [-0.2, -0.15) is 0 Å². The third-order valence-electron chi connectivity index (χ3n) is 3.87. The number of nitrogens with zero attached hydrogens (tertiary/aromatic N) is 1. The molecular formula is C18H28N2O3S. The first-order chi connectivity index (χ1) is 11.8. The van der Waals surface area contributed by atoms with Crippen molar-refractivity contribution in [3.05, 3.63) is 29.8 Å². The van der Waals surface area contributed by atoms with E-state index in [2.05, 4.69) is 16.5 Å². The van der Waals surface area contributed by atoms with Gasteiger partial charge in [0, 0.05) is 24.4 Å². The third-order valence-corrected chi connectivity index (χ3v) is 4.69. The van der Waals surface area contributed by atoms with E-state index < -0.39 is 0 Å². The second-order valence-corrected chi connectivity index (χ2v) is 6.71. The van der Waals surface area contributed by atoms with Crippen LogP contribution in [0.2, 0.25) is 0 Å². The summed E-state index contributed by atoms with van der Waals surface area (Å²) < 4.78 is 13.8. The second-order valence-electron chi connectivity index (χ2n) is 5.81. The topological polar surface area (TPSA) is 50.8 Å². The Morgan fingerprint density at radius 1 is 1.25 bits per heavy atom. The van der Waals surface area contributed by atoms with Crippen LogP contribution in [0.1, 0.15) is 36.5 Å². The molecule has 1 aromatic rings. The van der Waals surface area contributed by atoms with E-state index in [0.717, 1.165) is 70.2 Å². The number of benzene rings is 1. The minimum atomic E-state index is -0.0496. The van der Waals surface area contributed by atoms with Crippen molar-refractivity contribution in [1.29, 1.82) is 0 Å². The lowest BCUT2D eigenvalue weighted by atomic mass is 10.2. The molecule has 1 aliphatic heterocycles. The Morgan fingerprint density at radius 2 is 2.00 bits per heavy atom. The average molecular weight is 353 g/mol. The van der Waals surface area contributed by atoms with Crippen LogP contribution in [0.3, 0.4) is 0 Å². The minimum absolute atomic E-state index is 0.0496. The summed E-state index contributed by atoms with van der Waals surface area (Å²) in [7, 11) is 0. The molecule has 1 fully saturated rings. The summed E-state index contributed by atoms with van der Waals surface area (Å²) in [6.07, 6.45) is 3.22. The number of hydrogen-bond donors (Lipinski definition) is 1. The van der Waals surface area contributed by atoms with Crippen molar-refractivity contribution < 1.29 is 14.3 Å². The van der Waals surface area contributed by atoms with E-state index in [0.29, 0.717) is 5.56 Å². The van der Waals surface area contributed by atoms with Gasteiger partial charge in [-0.3, -0.25) is 14.4 Å². The molecule has 0 bridgehead atoms. The van der Waals surface area contributed by atoms with Gasteiger partial charge in [-0.25, -0.2) is 0 Å². The van der Waals surface area contributed by atoms with Crippen molar-refractivity contribution in [1.82, 2.24) is 9.62 Å². The van der Waals surface area contributed by atoms with Crippen molar-refractivity contribution in [2.45, 2.75) is 26.2 Å². The highest BCUT2D eigenvalue weighted by atomic mass is 32.2. The number of hydrogen-bond acceptors (Lipinski definition) is 5. The number of carbonyl (C=O) groups excluding carboxylic acids is 1. The number of morpholine rings is 1. The molecule has 1 amide bonds. The number of amides is 1. The SMILES string of the molecule is CCCCOc1ccc(C(=O)NSCCCN2CCOCC2)cc1. The molecule has 1 aliphatic rings. The maximum atomic E-state index is 12.1. The molecular weight excluding hydrogens is 324 g/mol. The highest BCUT2D eigenvalue weighted by molar-refractivity contribution is 7.97. The van der Waals surface area contributed by atoms with Crippen molar-refractivity contribution in [2.24, 2.45) is 0 Å². The fraction of sp³-hybridized carbons (Fsp3) is 0.611. The third kappa shape index (κ3) is 7.11. The molecule has 2 rings (SSSR count). The summed E-state index contributed by atoms with van der Waals surface area (Å²) in [4.78, 5) is 14.5. The van der Waals surface area contributed by atoms with E-state index in [1.165, 1.54) is 11.9 Å². The predicted octanol–water partition coefficient (Wildman–Crippen LogP) is 2.97. The first kappa shape index (κ1) is 19.1. The zero-order valence-electron chi connectivity index (χ0n) is 14.5. The second kappa shape index (κ2) is 11.3. The highest BCUT2D eigenvalue weighted by Crippen LogP contribution is 2.13. The van der Waals surface area contributed by atoms with Gasteiger partial charge in [0.05, 0.1) is 19.8 Å². The summed E-state index contributed by atoms with van der Waals surface area (Å²) in [6, 6.07) is 7.33. The molecule has 0 atom stereocenters. The summed E-state index contributed by atoms with van der Waals surface area (Å²) in [5.74, 6) is 1.69. The molecule has 1 aromatic carbocycles. The van der Waals surface area contributed by atoms with Gasteiger partial charge in [0.15, 0.2) is 0 Å². The summed E-state index contributed by atoms with van der Waals surface area (Å²) >= 11 is 1.48. The standard InChI is InChI=1S/C18H28N2O3S/c1-2-3-12-23-17-7-5-16(6-8-17)18(21)19-24-15-4-9-20-10-13-22-14-11-20/h5-8H,2-4,9-15H2,1H3,(H,19,21). The molecule has 134 valence electrons. The van der Waals surface area contributed by atoms with Crippen molar-refractivity contribution in [3.8, 4) is 5.75 Å². The lowest BCUT2D eigenvalue weighted by molar-refractivity contribution is 0.0381. The van der Waals surface area contributed by atoms with Gasteiger partial charge in [-0.15, -0.1) is 0 Å². The van der Waals surface area contributed by atoms with Crippen LogP contribution in [0.15, 0.2) is 24.3 Å². The van der Waals surface area contributed by atoms with Crippen LogP contribution in [-0.4, -0.2) is 56.0 Å². The van der Waals surface area contributed by atoms with E-state index in [-0.39, 0.29) is 5.91 Å². The Labute approximate surface area is 149 Å². The fourth-order valence-electron chi connectivity index (χ4n) is 2.40. The Bertz CT molecular complexity index is 476. The summed E-state index contributed by atoms with van der Waals surface area (Å²) in [5, 5.41) is 0. The molecule has 0 aliphatic carbocycles. The van der Waals surface area contributed by atoms with Crippen molar-refractivity contribution >= 4 is 17.9 Å². The van der Waals surface area contributed by atoms with Crippen LogP contribution >= 0.6 is 11.9 Å². The maximum Gasteiger partial charge on any atom is 0.261 e. The van der Waals surface area contributed by atoms with Gasteiger partial charge < -0.3 is 9.47 Å². The van der Waals surface area contributed by atoms with Gasteiger partial charge in [-0.1, -0.05) is 25.3 Å². The molecule has 1 heterocycles. The summed E-state index contributed by atoms with van der Waals surface area (Å²) in [6.45, 7) is 7.63.